The molecule has 0 amide bonds. The fourth-order valence-electron chi connectivity index (χ4n) is 3.47. The van der Waals surface area contributed by atoms with Gasteiger partial charge in [-0.15, -0.1) is 0 Å². The van der Waals surface area contributed by atoms with Gasteiger partial charge < -0.3 is 9.30 Å². The zero-order valence-corrected chi connectivity index (χ0v) is 16.4. The molecule has 0 N–H and O–H groups in total. The van der Waals surface area contributed by atoms with Crippen LogP contribution in [0, 0.1) is 0 Å². The lowest BCUT2D eigenvalue weighted by molar-refractivity contribution is -0.153. The van der Waals surface area contributed by atoms with E-state index in [0.717, 1.165) is 0 Å². The van der Waals surface area contributed by atoms with Crippen molar-refractivity contribution in [3.63, 3.8) is 0 Å². The SMILES string of the molecule is CN1Cc2cc(OCC(F)(F)F)c(-c3cn(C)c(=O)c4ccccc34)cc2S1=O. The van der Waals surface area contributed by atoms with Crippen molar-refractivity contribution in [3.05, 3.63) is 58.5 Å². The minimum Gasteiger partial charge on any atom is -0.483 e. The lowest BCUT2D eigenvalue weighted by Crippen LogP contribution is -2.20. The molecule has 0 saturated heterocycles. The summed E-state index contributed by atoms with van der Waals surface area (Å²) in [6.07, 6.45) is -2.93. The predicted molar refractivity (Wildman–Crippen MR) is 104 cm³/mol. The monoisotopic (exact) mass is 422 g/mol. The van der Waals surface area contributed by atoms with E-state index < -0.39 is 23.8 Å². The highest BCUT2D eigenvalue weighted by atomic mass is 32.2. The summed E-state index contributed by atoms with van der Waals surface area (Å²) in [6.45, 7) is -1.10. The highest BCUT2D eigenvalue weighted by molar-refractivity contribution is 7.83. The molecule has 0 fully saturated rings. The van der Waals surface area contributed by atoms with Crippen molar-refractivity contribution in [1.29, 1.82) is 0 Å². The molecule has 0 spiro atoms. The number of pyridine rings is 1. The molecule has 29 heavy (non-hydrogen) atoms. The zero-order chi connectivity index (χ0) is 20.9. The first kappa shape index (κ1) is 19.7. The molecular formula is C20H17F3N2O3S. The summed E-state index contributed by atoms with van der Waals surface area (Å²) in [5, 5.41) is 1.03. The summed E-state index contributed by atoms with van der Waals surface area (Å²) in [4.78, 5) is 13.0. The Morgan fingerprint density at radius 3 is 2.48 bits per heavy atom. The maximum atomic E-state index is 12.8. The molecular weight excluding hydrogens is 405 g/mol. The molecule has 0 bridgehead atoms. The first-order valence-corrected chi connectivity index (χ1v) is 9.84. The van der Waals surface area contributed by atoms with Gasteiger partial charge in [-0.1, -0.05) is 18.2 Å². The van der Waals surface area contributed by atoms with Crippen LogP contribution in [0.5, 0.6) is 5.75 Å². The Bertz CT molecular complexity index is 1200. The van der Waals surface area contributed by atoms with Crippen LogP contribution in [0.25, 0.3) is 21.9 Å². The molecule has 0 aliphatic carbocycles. The van der Waals surface area contributed by atoms with Crippen molar-refractivity contribution < 1.29 is 22.1 Å². The topological polar surface area (TPSA) is 51.5 Å². The molecule has 1 aliphatic heterocycles. The molecule has 2 aromatic carbocycles. The third-order valence-electron chi connectivity index (χ3n) is 4.80. The van der Waals surface area contributed by atoms with Crippen molar-refractivity contribution in [2.24, 2.45) is 7.05 Å². The normalized spacial score (nSPS) is 16.9. The van der Waals surface area contributed by atoms with E-state index in [-0.39, 0.29) is 11.3 Å². The smallest absolute Gasteiger partial charge is 0.422 e. The molecule has 0 radical (unpaired) electrons. The number of aromatic nitrogens is 1. The van der Waals surface area contributed by atoms with Crippen molar-refractivity contribution >= 4 is 21.8 Å². The Kier molecular flexibility index (Phi) is 4.74. The van der Waals surface area contributed by atoms with E-state index in [9.17, 15) is 22.2 Å². The molecule has 9 heteroatoms. The van der Waals surface area contributed by atoms with Crippen molar-refractivity contribution in [1.82, 2.24) is 8.87 Å². The highest BCUT2D eigenvalue weighted by Gasteiger charge is 2.31. The van der Waals surface area contributed by atoms with Gasteiger partial charge in [0.15, 0.2) is 6.61 Å². The van der Waals surface area contributed by atoms with Gasteiger partial charge in [-0.2, -0.15) is 13.2 Å². The lowest BCUT2D eigenvalue weighted by Gasteiger charge is -2.17. The largest absolute Gasteiger partial charge is 0.483 e. The standard InChI is InChI=1S/C20H17F3N2O3S/c1-24-10-16(13-5-3-4-6-14(13)19(24)26)15-8-18-12(9-25(2)29(18)27)7-17(15)28-11-20(21,22)23/h3-8,10H,9,11H2,1-2H3. The summed E-state index contributed by atoms with van der Waals surface area (Å²) < 4.78 is 59.1. The quantitative estimate of drug-likeness (QED) is 0.648. The molecule has 3 aromatic rings. The van der Waals surface area contributed by atoms with Gasteiger partial charge in [-0.3, -0.25) is 4.79 Å². The minimum absolute atomic E-state index is 0.0391. The van der Waals surface area contributed by atoms with E-state index in [1.807, 2.05) is 0 Å². The number of ether oxygens (including phenoxy) is 1. The Morgan fingerprint density at radius 2 is 1.79 bits per heavy atom. The van der Waals surface area contributed by atoms with Crippen LogP contribution in [-0.2, 0) is 24.6 Å². The number of fused-ring (bicyclic) bond motifs is 2. The molecule has 1 atom stereocenters. The Hall–Kier alpha value is -2.65. The summed E-state index contributed by atoms with van der Waals surface area (Å²) in [7, 11) is 1.84. The number of alkyl halides is 3. The molecule has 2 heterocycles. The number of halogens is 3. The van der Waals surface area contributed by atoms with Crippen LogP contribution in [0.4, 0.5) is 13.2 Å². The molecule has 1 aliphatic rings. The molecule has 152 valence electrons. The number of aryl methyl sites for hydroxylation is 1. The maximum absolute atomic E-state index is 12.8. The summed E-state index contributed by atoms with van der Waals surface area (Å²) in [6, 6.07) is 9.99. The Morgan fingerprint density at radius 1 is 1.10 bits per heavy atom. The van der Waals surface area contributed by atoms with Crippen LogP contribution >= 0.6 is 0 Å². The number of nitrogens with zero attached hydrogens (tertiary/aromatic N) is 2. The maximum Gasteiger partial charge on any atom is 0.422 e. The van der Waals surface area contributed by atoms with Crippen molar-refractivity contribution in [3.8, 4) is 16.9 Å². The highest BCUT2D eigenvalue weighted by Crippen LogP contribution is 2.40. The number of hydrogen-bond acceptors (Lipinski definition) is 3. The molecule has 1 unspecified atom stereocenters. The van der Waals surface area contributed by atoms with Crippen LogP contribution in [0.2, 0.25) is 0 Å². The summed E-state index contributed by atoms with van der Waals surface area (Å²) >= 11 is 0. The van der Waals surface area contributed by atoms with Crippen molar-refractivity contribution in [2.45, 2.75) is 17.6 Å². The Labute approximate surface area is 166 Å². The molecule has 1 aromatic heterocycles. The van der Waals surface area contributed by atoms with Gasteiger partial charge >= 0.3 is 6.18 Å². The zero-order valence-electron chi connectivity index (χ0n) is 15.6. The second-order valence-electron chi connectivity index (χ2n) is 6.90. The average Bonchev–Trinajstić information content (AvgIpc) is 2.95. The van der Waals surface area contributed by atoms with Gasteiger partial charge in [0.25, 0.3) is 5.56 Å². The summed E-state index contributed by atoms with van der Waals surface area (Å²) in [5.41, 5.74) is 1.34. The van der Waals surface area contributed by atoms with Gasteiger partial charge in [-0.05, 0) is 29.1 Å². The third-order valence-corrected chi connectivity index (χ3v) is 6.25. The minimum atomic E-state index is -4.50. The van der Waals surface area contributed by atoms with E-state index in [2.05, 4.69) is 0 Å². The fraction of sp³-hybridized carbons (Fsp3) is 0.250. The van der Waals surface area contributed by atoms with E-state index in [1.54, 1.807) is 54.9 Å². The van der Waals surface area contributed by atoms with Crippen molar-refractivity contribution in [2.75, 3.05) is 13.7 Å². The summed E-state index contributed by atoms with van der Waals surface area (Å²) in [5.74, 6) is 0.0391. The molecule has 4 rings (SSSR count). The fourth-order valence-corrected chi connectivity index (χ4v) is 4.63. The van der Waals surface area contributed by atoms with Gasteiger partial charge in [0.2, 0.25) is 0 Å². The van der Waals surface area contributed by atoms with E-state index in [4.69, 9.17) is 4.74 Å². The van der Waals surface area contributed by atoms with E-state index in [1.165, 1.54) is 10.6 Å². The molecule has 5 nitrogen and oxygen atoms in total. The van der Waals surface area contributed by atoms with Gasteiger partial charge in [0.1, 0.15) is 16.7 Å². The molecule has 0 saturated carbocycles. The van der Waals surface area contributed by atoms with Gasteiger partial charge in [0, 0.05) is 43.4 Å². The first-order valence-electron chi connectivity index (χ1n) is 8.74. The Balaban J connectivity index is 1.98. The third kappa shape index (κ3) is 3.56. The van der Waals surface area contributed by atoms with Crippen LogP contribution < -0.4 is 10.3 Å². The van der Waals surface area contributed by atoms with Gasteiger partial charge in [0.05, 0.1) is 4.90 Å². The van der Waals surface area contributed by atoms with E-state index in [0.29, 0.717) is 38.9 Å². The second-order valence-corrected chi connectivity index (χ2v) is 8.46. The number of hydrogen-bond donors (Lipinski definition) is 0. The van der Waals surface area contributed by atoms with Crippen LogP contribution in [0.15, 0.2) is 52.3 Å². The van der Waals surface area contributed by atoms with Crippen LogP contribution in [0.1, 0.15) is 5.56 Å². The average molecular weight is 422 g/mol. The van der Waals surface area contributed by atoms with Crippen LogP contribution in [-0.4, -0.2) is 32.9 Å². The van der Waals surface area contributed by atoms with Gasteiger partial charge in [-0.25, -0.2) is 8.51 Å². The predicted octanol–water partition coefficient (Wildman–Crippen LogP) is 3.61. The first-order chi connectivity index (χ1) is 13.7. The number of rotatable bonds is 3. The lowest BCUT2D eigenvalue weighted by atomic mass is 9.98. The van der Waals surface area contributed by atoms with E-state index >= 15 is 0 Å². The second kappa shape index (κ2) is 7.00. The number of benzene rings is 2. The van der Waals surface area contributed by atoms with Crippen LogP contribution in [0.3, 0.4) is 0 Å².